The zero-order chi connectivity index (χ0) is 18.8. The fourth-order valence-corrected chi connectivity index (χ4v) is 3.75. The van der Waals surface area contributed by atoms with Gasteiger partial charge >= 0.3 is 0 Å². The molecule has 0 bridgehead atoms. The summed E-state index contributed by atoms with van der Waals surface area (Å²) < 4.78 is 0. The lowest BCUT2D eigenvalue weighted by atomic mass is 10.1. The summed E-state index contributed by atoms with van der Waals surface area (Å²) in [4.78, 5) is 29.7. The number of hydrogen-bond acceptors (Lipinski definition) is 4. The van der Waals surface area contributed by atoms with Crippen molar-refractivity contribution in [1.82, 2.24) is 4.98 Å². The number of anilines is 1. The van der Waals surface area contributed by atoms with E-state index in [1.807, 2.05) is 54.6 Å². The van der Waals surface area contributed by atoms with Crippen molar-refractivity contribution in [1.29, 1.82) is 0 Å². The smallest absolute Gasteiger partial charge is 0.256 e. The number of amides is 2. The van der Waals surface area contributed by atoms with Crippen LogP contribution in [0.4, 0.5) is 5.69 Å². The van der Waals surface area contributed by atoms with Crippen LogP contribution in [0.15, 0.2) is 59.5 Å². The molecule has 0 radical (unpaired) electrons. The Morgan fingerprint density at radius 3 is 2.63 bits per heavy atom. The number of nitrogens with one attached hydrogen (secondary N) is 1. The van der Waals surface area contributed by atoms with Crippen LogP contribution in [-0.2, 0) is 4.79 Å². The average molecular weight is 377 g/mol. The van der Waals surface area contributed by atoms with Gasteiger partial charge in [-0.1, -0.05) is 30.3 Å². The monoisotopic (exact) mass is 377 g/mol. The fraction of sp³-hybridized carbons (Fsp3) is 0.190. The Labute approximate surface area is 161 Å². The van der Waals surface area contributed by atoms with E-state index in [4.69, 9.17) is 10.7 Å². The Balaban J connectivity index is 1.67. The quantitative estimate of drug-likeness (QED) is 0.637. The molecule has 1 heterocycles. The topological polar surface area (TPSA) is 85.1 Å². The molecule has 27 heavy (non-hydrogen) atoms. The van der Waals surface area contributed by atoms with Crippen molar-refractivity contribution in [3.8, 4) is 0 Å². The number of rotatable bonds is 6. The summed E-state index contributed by atoms with van der Waals surface area (Å²) in [5.41, 5.74) is 8.35. The molecule has 1 saturated carbocycles. The molecule has 0 saturated heterocycles. The van der Waals surface area contributed by atoms with Gasteiger partial charge in [-0.2, -0.15) is 0 Å². The number of nitrogens with two attached hydrogens (primary N) is 1. The van der Waals surface area contributed by atoms with Crippen LogP contribution in [0.2, 0.25) is 0 Å². The first kappa shape index (κ1) is 17.5. The minimum atomic E-state index is -0.393. The molecule has 1 aliphatic rings. The predicted octanol–water partition coefficient (Wildman–Crippen LogP) is 3.94. The fourth-order valence-electron chi connectivity index (χ4n) is 3.01. The van der Waals surface area contributed by atoms with Gasteiger partial charge in [-0.3, -0.25) is 14.6 Å². The maximum Gasteiger partial charge on any atom is 0.256 e. The van der Waals surface area contributed by atoms with E-state index in [2.05, 4.69) is 5.32 Å². The normalized spacial score (nSPS) is 13.5. The summed E-state index contributed by atoms with van der Waals surface area (Å²) in [7, 11) is 0. The molecule has 3 N–H and O–H groups in total. The van der Waals surface area contributed by atoms with Crippen LogP contribution in [0.1, 0.15) is 34.8 Å². The number of fused-ring (bicyclic) bond motifs is 1. The van der Waals surface area contributed by atoms with E-state index < -0.39 is 5.91 Å². The molecule has 2 aromatic carbocycles. The van der Waals surface area contributed by atoms with E-state index in [0.717, 1.165) is 34.3 Å². The average Bonchev–Trinajstić information content (AvgIpc) is 3.51. The number of benzene rings is 2. The lowest BCUT2D eigenvalue weighted by Gasteiger charge is -2.12. The van der Waals surface area contributed by atoms with Gasteiger partial charge in [-0.15, -0.1) is 11.8 Å². The van der Waals surface area contributed by atoms with Crippen LogP contribution in [0.3, 0.4) is 0 Å². The van der Waals surface area contributed by atoms with E-state index in [1.54, 1.807) is 0 Å². The predicted molar refractivity (Wildman–Crippen MR) is 108 cm³/mol. The summed E-state index contributed by atoms with van der Waals surface area (Å²) in [6.07, 6.45) is 2.25. The second-order valence-corrected chi connectivity index (χ2v) is 7.61. The van der Waals surface area contributed by atoms with Crippen LogP contribution in [0.25, 0.3) is 10.9 Å². The van der Waals surface area contributed by atoms with E-state index in [-0.39, 0.29) is 11.7 Å². The largest absolute Gasteiger partial charge is 0.369 e. The van der Waals surface area contributed by atoms with Gasteiger partial charge in [0.15, 0.2) is 0 Å². The van der Waals surface area contributed by atoms with E-state index in [1.165, 1.54) is 11.8 Å². The lowest BCUT2D eigenvalue weighted by Crippen LogP contribution is -2.15. The maximum absolute atomic E-state index is 13.1. The number of pyridine rings is 1. The Hall–Kier alpha value is -2.86. The van der Waals surface area contributed by atoms with Gasteiger partial charge in [-0.05, 0) is 37.1 Å². The summed E-state index contributed by atoms with van der Waals surface area (Å²) in [6.45, 7) is 0. The van der Waals surface area contributed by atoms with Crippen LogP contribution in [-0.4, -0.2) is 22.6 Å². The molecule has 0 unspecified atom stereocenters. The number of thioether (sulfide) groups is 1. The molecule has 6 heteroatoms. The molecular formula is C21H19N3O2S. The molecule has 3 aromatic rings. The molecule has 1 aliphatic carbocycles. The maximum atomic E-state index is 13.1. The van der Waals surface area contributed by atoms with Gasteiger partial charge in [0, 0.05) is 21.9 Å². The molecule has 2 amide bonds. The minimum Gasteiger partial charge on any atom is -0.369 e. The van der Waals surface area contributed by atoms with Gasteiger partial charge in [0.05, 0.1) is 22.5 Å². The van der Waals surface area contributed by atoms with Gasteiger partial charge in [-0.25, -0.2) is 0 Å². The van der Waals surface area contributed by atoms with Crippen molar-refractivity contribution in [3.63, 3.8) is 0 Å². The first-order valence-electron chi connectivity index (χ1n) is 8.83. The third-order valence-corrected chi connectivity index (χ3v) is 5.58. The molecule has 0 spiro atoms. The summed E-state index contributed by atoms with van der Waals surface area (Å²) in [6, 6.07) is 17.0. The SMILES string of the molecule is NC(=O)CSc1ccccc1NC(=O)c1cc(C2CC2)nc2ccccc12. The van der Waals surface area contributed by atoms with Crippen molar-refractivity contribution in [2.24, 2.45) is 5.73 Å². The first-order valence-corrected chi connectivity index (χ1v) is 9.81. The Morgan fingerprint density at radius 1 is 1.11 bits per heavy atom. The molecule has 0 atom stereocenters. The molecule has 1 aromatic heterocycles. The molecule has 136 valence electrons. The second kappa shape index (κ2) is 7.40. The van der Waals surface area contributed by atoms with E-state index in [0.29, 0.717) is 17.2 Å². The number of nitrogens with zero attached hydrogens (tertiary/aromatic N) is 1. The van der Waals surface area contributed by atoms with Crippen LogP contribution in [0.5, 0.6) is 0 Å². The van der Waals surface area contributed by atoms with Gasteiger partial charge in [0.25, 0.3) is 5.91 Å². The number of primary amides is 1. The lowest BCUT2D eigenvalue weighted by molar-refractivity contribution is -0.115. The molecule has 4 rings (SSSR count). The molecule has 0 aliphatic heterocycles. The third kappa shape index (κ3) is 3.95. The zero-order valence-electron chi connectivity index (χ0n) is 14.6. The number of para-hydroxylation sites is 2. The van der Waals surface area contributed by atoms with Crippen molar-refractivity contribution in [2.45, 2.75) is 23.7 Å². The highest BCUT2D eigenvalue weighted by Gasteiger charge is 2.27. The Bertz CT molecular complexity index is 1030. The number of carbonyl (C=O) groups is 2. The van der Waals surface area contributed by atoms with Crippen molar-refractivity contribution in [2.75, 3.05) is 11.1 Å². The highest BCUT2D eigenvalue weighted by Crippen LogP contribution is 2.40. The third-order valence-electron chi connectivity index (χ3n) is 4.48. The van der Waals surface area contributed by atoms with Crippen LogP contribution < -0.4 is 11.1 Å². The van der Waals surface area contributed by atoms with Crippen molar-refractivity contribution in [3.05, 3.63) is 65.9 Å². The Morgan fingerprint density at radius 2 is 1.85 bits per heavy atom. The van der Waals surface area contributed by atoms with Crippen molar-refractivity contribution < 1.29 is 9.59 Å². The number of carbonyl (C=O) groups excluding carboxylic acids is 2. The van der Waals surface area contributed by atoms with Crippen LogP contribution in [0, 0.1) is 0 Å². The summed E-state index contributed by atoms with van der Waals surface area (Å²) >= 11 is 1.31. The molecular weight excluding hydrogens is 358 g/mol. The standard InChI is InChI=1S/C21H19N3O2S/c22-20(25)12-27-19-8-4-3-7-17(19)24-21(26)15-11-18(13-9-10-13)23-16-6-2-1-5-14(15)16/h1-8,11,13H,9-10,12H2,(H2,22,25)(H,24,26). The zero-order valence-corrected chi connectivity index (χ0v) is 15.5. The van der Waals surface area contributed by atoms with E-state index in [9.17, 15) is 9.59 Å². The second-order valence-electron chi connectivity index (χ2n) is 6.59. The highest BCUT2D eigenvalue weighted by molar-refractivity contribution is 8.00. The molecule has 5 nitrogen and oxygen atoms in total. The first-order chi connectivity index (χ1) is 13.1. The van der Waals surface area contributed by atoms with Gasteiger partial charge in [0.1, 0.15) is 0 Å². The number of hydrogen-bond donors (Lipinski definition) is 2. The van der Waals surface area contributed by atoms with Crippen molar-refractivity contribution >= 4 is 40.2 Å². The van der Waals surface area contributed by atoms with Crippen LogP contribution >= 0.6 is 11.8 Å². The number of aromatic nitrogens is 1. The molecule has 1 fully saturated rings. The van der Waals surface area contributed by atoms with E-state index >= 15 is 0 Å². The van der Waals surface area contributed by atoms with Gasteiger partial charge < -0.3 is 11.1 Å². The Kier molecular flexibility index (Phi) is 4.81. The van der Waals surface area contributed by atoms with Gasteiger partial charge in [0.2, 0.25) is 5.91 Å². The summed E-state index contributed by atoms with van der Waals surface area (Å²) in [5.74, 6) is 0.0502. The minimum absolute atomic E-state index is 0.164. The summed E-state index contributed by atoms with van der Waals surface area (Å²) in [5, 5.41) is 3.82. The highest BCUT2D eigenvalue weighted by atomic mass is 32.2.